The van der Waals surface area contributed by atoms with Gasteiger partial charge < -0.3 is 0 Å². The van der Waals surface area contributed by atoms with Crippen molar-refractivity contribution >= 4 is 0 Å². The first-order valence-electron chi connectivity index (χ1n) is 6.10. The Bertz CT molecular complexity index is 405. The first-order chi connectivity index (χ1) is 8.20. The molecule has 0 radical (unpaired) electrons. The van der Waals surface area contributed by atoms with E-state index in [2.05, 4.69) is 5.43 Å². The fourth-order valence-corrected chi connectivity index (χ4v) is 3.30. The molecule has 0 aromatic heterocycles. The fraction of sp³-hybridized carbons (Fsp3) is 0.538. The smallest absolute Gasteiger partial charge is 0.130 e. The lowest BCUT2D eigenvalue weighted by atomic mass is 9.89. The molecule has 2 saturated carbocycles. The zero-order chi connectivity index (χ0) is 12.0. The monoisotopic (exact) mass is 238 g/mol. The van der Waals surface area contributed by atoms with Crippen LogP contribution in [0.4, 0.5) is 8.78 Å². The molecule has 3 rings (SSSR count). The molecule has 0 bridgehead atoms. The molecule has 1 aromatic rings. The standard InChI is InChI=1S/C13H16F2N2/c14-10-2-1-3-11(15)12(10)13(17-16)9-5-7-4-8(7)6-9/h1-3,7-9,13,17H,4-6,16H2. The molecule has 3 unspecified atom stereocenters. The summed E-state index contributed by atoms with van der Waals surface area (Å²) >= 11 is 0. The van der Waals surface area contributed by atoms with Crippen LogP contribution in [-0.4, -0.2) is 0 Å². The minimum Gasteiger partial charge on any atom is -0.271 e. The van der Waals surface area contributed by atoms with Crippen molar-refractivity contribution in [3.8, 4) is 0 Å². The third kappa shape index (κ3) is 1.85. The van der Waals surface area contributed by atoms with Gasteiger partial charge in [-0.25, -0.2) is 8.78 Å². The van der Waals surface area contributed by atoms with Crippen LogP contribution in [-0.2, 0) is 0 Å². The first-order valence-corrected chi connectivity index (χ1v) is 6.10. The Morgan fingerprint density at radius 2 is 1.71 bits per heavy atom. The van der Waals surface area contributed by atoms with Crippen LogP contribution >= 0.6 is 0 Å². The van der Waals surface area contributed by atoms with E-state index in [-0.39, 0.29) is 11.5 Å². The van der Waals surface area contributed by atoms with E-state index >= 15 is 0 Å². The number of hydrazine groups is 1. The summed E-state index contributed by atoms with van der Waals surface area (Å²) in [5.41, 5.74) is 2.70. The molecule has 92 valence electrons. The van der Waals surface area contributed by atoms with E-state index in [9.17, 15) is 8.78 Å². The molecular weight excluding hydrogens is 222 g/mol. The van der Waals surface area contributed by atoms with Crippen LogP contribution in [0.5, 0.6) is 0 Å². The fourth-order valence-electron chi connectivity index (χ4n) is 3.30. The summed E-state index contributed by atoms with van der Waals surface area (Å²) < 4.78 is 27.4. The summed E-state index contributed by atoms with van der Waals surface area (Å²) in [6.45, 7) is 0. The van der Waals surface area contributed by atoms with Crippen molar-refractivity contribution in [2.24, 2.45) is 23.6 Å². The van der Waals surface area contributed by atoms with Gasteiger partial charge in [-0.2, -0.15) is 0 Å². The molecule has 1 aromatic carbocycles. The lowest BCUT2D eigenvalue weighted by molar-refractivity contribution is 0.326. The van der Waals surface area contributed by atoms with Crippen molar-refractivity contribution in [1.82, 2.24) is 5.43 Å². The van der Waals surface area contributed by atoms with Crippen LogP contribution in [0.1, 0.15) is 30.9 Å². The van der Waals surface area contributed by atoms with E-state index in [1.807, 2.05) is 0 Å². The average molecular weight is 238 g/mol. The van der Waals surface area contributed by atoms with E-state index in [1.54, 1.807) is 0 Å². The predicted octanol–water partition coefficient (Wildman–Crippen LogP) is 2.52. The van der Waals surface area contributed by atoms with Crippen LogP contribution in [0.3, 0.4) is 0 Å². The molecule has 0 aliphatic heterocycles. The van der Waals surface area contributed by atoms with Gasteiger partial charge in [0.1, 0.15) is 11.6 Å². The van der Waals surface area contributed by atoms with Crippen LogP contribution in [0.15, 0.2) is 18.2 Å². The molecule has 0 amide bonds. The predicted molar refractivity (Wildman–Crippen MR) is 60.7 cm³/mol. The lowest BCUT2D eigenvalue weighted by Crippen LogP contribution is -2.34. The number of hydrogen-bond acceptors (Lipinski definition) is 2. The van der Waals surface area contributed by atoms with E-state index in [4.69, 9.17) is 5.84 Å². The largest absolute Gasteiger partial charge is 0.271 e. The molecule has 3 atom stereocenters. The van der Waals surface area contributed by atoms with E-state index in [0.717, 1.165) is 24.7 Å². The van der Waals surface area contributed by atoms with Gasteiger partial charge >= 0.3 is 0 Å². The Labute approximate surface area is 99.2 Å². The molecule has 2 fully saturated rings. The molecule has 0 heterocycles. The second kappa shape index (κ2) is 4.03. The number of nitrogens with one attached hydrogen (secondary N) is 1. The Morgan fingerprint density at radius 3 is 2.24 bits per heavy atom. The van der Waals surface area contributed by atoms with E-state index in [0.29, 0.717) is 0 Å². The molecule has 2 aliphatic carbocycles. The van der Waals surface area contributed by atoms with Crippen molar-refractivity contribution in [3.05, 3.63) is 35.4 Å². The molecule has 2 nitrogen and oxygen atoms in total. The van der Waals surface area contributed by atoms with Crippen LogP contribution in [0.25, 0.3) is 0 Å². The van der Waals surface area contributed by atoms with Crippen LogP contribution in [0.2, 0.25) is 0 Å². The maximum absolute atomic E-state index is 13.7. The van der Waals surface area contributed by atoms with Crippen molar-refractivity contribution in [2.75, 3.05) is 0 Å². The van der Waals surface area contributed by atoms with Crippen molar-refractivity contribution < 1.29 is 8.78 Å². The molecule has 2 aliphatic rings. The highest BCUT2D eigenvalue weighted by atomic mass is 19.1. The Hall–Kier alpha value is -1.00. The zero-order valence-corrected chi connectivity index (χ0v) is 9.50. The topological polar surface area (TPSA) is 38.0 Å². The van der Waals surface area contributed by atoms with Crippen LogP contribution < -0.4 is 11.3 Å². The molecule has 17 heavy (non-hydrogen) atoms. The highest BCUT2D eigenvalue weighted by molar-refractivity contribution is 5.24. The van der Waals surface area contributed by atoms with Gasteiger partial charge in [0, 0.05) is 5.56 Å². The summed E-state index contributed by atoms with van der Waals surface area (Å²) in [7, 11) is 0. The molecule has 3 N–H and O–H groups in total. The van der Waals surface area contributed by atoms with E-state index in [1.165, 1.54) is 24.6 Å². The number of benzene rings is 1. The first kappa shape index (κ1) is 11.1. The third-order valence-corrected chi connectivity index (χ3v) is 4.24. The highest BCUT2D eigenvalue weighted by Gasteiger charge is 2.48. The summed E-state index contributed by atoms with van der Waals surface area (Å²) in [5, 5.41) is 0. The number of rotatable bonds is 3. The normalized spacial score (nSPS) is 32.3. The molecule has 4 heteroatoms. The lowest BCUT2D eigenvalue weighted by Gasteiger charge is -2.25. The van der Waals surface area contributed by atoms with Gasteiger partial charge in [-0.1, -0.05) is 6.07 Å². The van der Waals surface area contributed by atoms with Crippen molar-refractivity contribution in [1.29, 1.82) is 0 Å². The Kier molecular flexibility index (Phi) is 2.64. The minimum absolute atomic E-state index is 0.0984. The minimum atomic E-state index is -0.506. The number of halogens is 2. The van der Waals surface area contributed by atoms with Crippen molar-refractivity contribution in [2.45, 2.75) is 25.3 Å². The third-order valence-electron chi connectivity index (χ3n) is 4.24. The highest BCUT2D eigenvalue weighted by Crippen LogP contribution is 2.57. The maximum atomic E-state index is 13.7. The van der Waals surface area contributed by atoms with Gasteiger partial charge in [0.15, 0.2) is 0 Å². The summed E-state index contributed by atoms with van der Waals surface area (Å²) in [5.74, 6) is 6.29. The molecule has 0 spiro atoms. The van der Waals surface area contributed by atoms with Crippen molar-refractivity contribution in [3.63, 3.8) is 0 Å². The number of hydrogen-bond donors (Lipinski definition) is 2. The zero-order valence-electron chi connectivity index (χ0n) is 9.50. The second-order valence-corrected chi connectivity index (χ2v) is 5.27. The van der Waals surface area contributed by atoms with Gasteiger partial charge in [-0.05, 0) is 49.1 Å². The summed E-state index contributed by atoms with van der Waals surface area (Å²) in [4.78, 5) is 0. The SMILES string of the molecule is NNC(c1c(F)cccc1F)C1CC2CC2C1. The van der Waals surface area contributed by atoms with Crippen LogP contribution in [0, 0.1) is 29.4 Å². The van der Waals surface area contributed by atoms with E-state index < -0.39 is 17.7 Å². The second-order valence-electron chi connectivity index (χ2n) is 5.27. The summed E-state index contributed by atoms with van der Waals surface area (Å²) in [6.07, 6.45) is 3.36. The molecular formula is C13H16F2N2. The number of nitrogens with two attached hydrogens (primary N) is 1. The molecule has 0 saturated heterocycles. The number of fused-ring (bicyclic) bond motifs is 1. The van der Waals surface area contributed by atoms with Gasteiger partial charge in [0.25, 0.3) is 0 Å². The maximum Gasteiger partial charge on any atom is 0.130 e. The quantitative estimate of drug-likeness (QED) is 0.627. The van der Waals surface area contributed by atoms with Gasteiger partial charge in [0.2, 0.25) is 0 Å². The Balaban J connectivity index is 1.89. The Morgan fingerprint density at radius 1 is 1.12 bits per heavy atom. The van der Waals surface area contributed by atoms with Gasteiger partial charge in [0.05, 0.1) is 6.04 Å². The summed E-state index contributed by atoms with van der Waals surface area (Å²) in [6, 6.07) is 3.56. The van der Waals surface area contributed by atoms with Gasteiger partial charge in [-0.15, -0.1) is 0 Å². The average Bonchev–Trinajstić information content (AvgIpc) is 2.91. The van der Waals surface area contributed by atoms with Gasteiger partial charge in [-0.3, -0.25) is 11.3 Å².